The average Bonchev–Trinajstić information content (AvgIpc) is 3.65. The van der Waals surface area contributed by atoms with E-state index >= 15 is 0 Å². The number of fused-ring (bicyclic) bond motifs is 2. The number of carbonyl (C=O) groups is 10. The smallest absolute Gasteiger partial charge is 0.307 e. The number of anilines is 2. The number of hydrogen-bond acceptors (Lipinski definition) is 15. The number of nitrogens with zero attached hydrogens (tertiary/aromatic N) is 6. The van der Waals surface area contributed by atoms with E-state index in [1.165, 1.54) is 0 Å². The summed E-state index contributed by atoms with van der Waals surface area (Å²) >= 11 is 0. The predicted molar refractivity (Wildman–Crippen MR) is 226 cm³/mol. The Morgan fingerprint density at radius 3 is 1.36 bits per heavy atom. The number of piperidine rings is 2. The summed E-state index contributed by atoms with van der Waals surface area (Å²) in [5.41, 5.74) is 2.21. The van der Waals surface area contributed by atoms with Gasteiger partial charge in [-0.05, 0) is 70.0 Å². The number of amides is 8. The molecule has 2 aromatic rings. The van der Waals surface area contributed by atoms with Crippen LogP contribution in [0.15, 0.2) is 36.4 Å². The second-order valence-electron chi connectivity index (χ2n) is 17.5. The first kappa shape index (κ1) is 45.5. The highest BCUT2D eigenvalue weighted by Gasteiger charge is 2.46. The van der Waals surface area contributed by atoms with Gasteiger partial charge in [0.05, 0.1) is 35.1 Å². The molecule has 0 saturated carbocycles. The number of aliphatic carboxylic acids is 1. The molecular formula is C44H52N8O12. The number of benzene rings is 2. The summed E-state index contributed by atoms with van der Waals surface area (Å²) in [6, 6.07) is 8.27. The van der Waals surface area contributed by atoms with E-state index in [1.807, 2.05) is 26.8 Å². The molecule has 20 nitrogen and oxygen atoms in total. The van der Waals surface area contributed by atoms with Crippen LogP contribution in [0.2, 0.25) is 0 Å². The maximum Gasteiger partial charge on any atom is 0.307 e. The van der Waals surface area contributed by atoms with Gasteiger partial charge >= 0.3 is 11.9 Å². The summed E-state index contributed by atoms with van der Waals surface area (Å²) in [6.07, 6.45) is 0.874. The zero-order valence-electron chi connectivity index (χ0n) is 36.1. The molecule has 0 aliphatic carbocycles. The summed E-state index contributed by atoms with van der Waals surface area (Å²) < 4.78 is 5.36. The topological polar surface area (TPSA) is 244 Å². The Labute approximate surface area is 368 Å². The second kappa shape index (κ2) is 18.7. The SMILES string of the molecule is CC(C)(C)OC(=O)CCN1CCN(c2ccc3c(c2)C(=O)N(C2CCC(=O)NC2=O)C3=O)CC1.O=C(O)CCN1CCN(c2ccc3c(c2)C(=O)N(C2CCC(=O)NC2=O)C3=O)CC1. The Kier molecular flexibility index (Phi) is 13.3. The number of ether oxygens (including phenoxy) is 1. The molecule has 6 aliphatic rings. The number of carbonyl (C=O) groups excluding carboxylic acids is 9. The van der Waals surface area contributed by atoms with Gasteiger partial charge in [-0.25, -0.2) is 0 Å². The maximum atomic E-state index is 13.0. The largest absolute Gasteiger partial charge is 0.481 e. The third-order valence-corrected chi connectivity index (χ3v) is 12.0. The van der Waals surface area contributed by atoms with E-state index in [0.29, 0.717) is 58.8 Å². The first-order valence-corrected chi connectivity index (χ1v) is 21.5. The molecule has 20 heteroatoms. The number of piperazine rings is 2. The Bertz CT molecular complexity index is 2290. The van der Waals surface area contributed by atoms with Gasteiger partial charge in [0.25, 0.3) is 23.6 Å². The molecule has 0 spiro atoms. The van der Waals surface area contributed by atoms with Gasteiger partial charge in [0.1, 0.15) is 17.7 Å². The third kappa shape index (κ3) is 9.97. The first-order chi connectivity index (χ1) is 30.4. The average molecular weight is 885 g/mol. The minimum absolute atomic E-state index is 0.0845. The number of rotatable bonds is 10. The molecule has 6 aliphatic heterocycles. The van der Waals surface area contributed by atoms with Crippen molar-refractivity contribution in [1.82, 2.24) is 30.2 Å². The van der Waals surface area contributed by atoms with E-state index in [1.54, 1.807) is 30.3 Å². The predicted octanol–water partition coefficient (Wildman–Crippen LogP) is 0.626. The lowest BCUT2D eigenvalue weighted by Gasteiger charge is -2.36. The highest BCUT2D eigenvalue weighted by atomic mass is 16.6. The van der Waals surface area contributed by atoms with Crippen LogP contribution in [-0.2, 0) is 33.5 Å². The number of nitrogens with one attached hydrogen (secondary N) is 2. The van der Waals surface area contributed by atoms with Crippen LogP contribution in [0, 0.1) is 0 Å². The zero-order chi connectivity index (χ0) is 46.0. The number of carboxylic acids is 1. The van der Waals surface area contributed by atoms with Gasteiger partial charge in [0.15, 0.2) is 0 Å². The van der Waals surface area contributed by atoms with E-state index in [9.17, 15) is 47.9 Å². The number of esters is 1. The van der Waals surface area contributed by atoms with Gasteiger partial charge in [-0.1, -0.05) is 0 Å². The lowest BCUT2D eigenvalue weighted by molar-refractivity contribution is -0.155. The lowest BCUT2D eigenvalue weighted by atomic mass is 10.0. The van der Waals surface area contributed by atoms with Crippen LogP contribution in [0.4, 0.5) is 11.4 Å². The van der Waals surface area contributed by atoms with Crippen molar-refractivity contribution in [3.8, 4) is 0 Å². The van der Waals surface area contributed by atoms with Crippen LogP contribution in [0.5, 0.6) is 0 Å². The van der Waals surface area contributed by atoms with Gasteiger partial charge in [0.2, 0.25) is 23.6 Å². The summed E-state index contributed by atoms with van der Waals surface area (Å²) in [5.74, 6) is -5.13. The van der Waals surface area contributed by atoms with Crippen molar-refractivity contribution in [1.29, 1.82) is 0 Å². The van der Waals surface area contributed by atoms with E-state index in [4.69, 9.17) is 9.84 Å². The van der Waals surface area contributed by atoms with Crippen LogP contribution in [-0.4, -0.2) is 167 Å². The van der Waals surface area contributed by atoms with E-state index < -0.39 is 70.9 Å². The van der Waals surface area contributed by atoms with Crippen LogP contribution < -0.4 is 20.4 Å². The highest BCUT2D eigenvalue weighted by Crippen LogP contribution is 2.33. The summed E-state index contributed by atoms with van der Waals surface area (Å²) in [7, 11) is 0. The number of hydrogen-bond donors (Lipinski definition) is 3. The summed E-state index contributed by atoms with van der Waals surface area (Å²) in [6.45, 7) is 12.4. The van der Waals surface area contributed by atoms with E-state index in [0.717, 1.165) is 34.3 Å². The minimum Gasteiger partial charge on any atom is -0.481 e. The van der Waals surface area contributed by atoms with Crippen LogP contribution in [0.3, 0.4) is 0 Å². The third-order valence-electron chi connectivity index (χ3n) is 12.0. The van der Waals surface area contributed by atoms with Crippen molar-refractivity contribution in [2.24, 2.45) is 0 Å². The standard InChI is InChI=1S/C24H30N4O6.C20H22N4O6/c1-24(2,3)34-20(30)8-9-26-10-12-27(13-11-26)15-4-5-16-17(14-15)23(33)28(22(16)32)18-6-7-19(29)25-21(18)31;25-16-4-3-15(18(28)21-16)24-19(29)13-2-1-12(11-14(13)20(24)30)23-9-7-22(8-10-23)6-5-17(26)27/h4-5,14,18H,6-13H2,1-3H3,(H,25,29,31);1-2,11,15H,3-10H2,(H,26,27)(H,21,25,28). The molecule has 4 fully saturated rings. The molecule has 0 radical (unpaired) electrons. The molecule has 340 valence electrons. The Hall–Kier alpha value is -6.54. The molecule has 4 saturated heterocycles. The van der Waals surface area contributed by atoms with Crippen molar-refractivity contribution in [3.63, 3.8) is 0 Å². The van der Waals surface area contributed by atoms with E-state index in [-0.39, 0.29) is 60.3 Å². The fourth-order valence-corrected chi connectivity index (χ4v) is 8.67. The van der Waals surface area contributed by atoms with Gasteiger partial charge in [0, 0.05) is 89.7 Å². The summed E-state index contributed by atoms with van der Waals surface area (Å²) in [5, 5.41) is 13.2. The molecule has 2 aromatic carbocycles. The molecule has 64 heavy (non-hydrogen) atoms. The maximum absolute atomic E-state index is 13.0. The van der Waals surface area contributed by atoms with Crippen molar-refractivity contribution < 1.29 is 57.8 Å². The Morgan fingerprint density at radius 1 is 0.594 bits per heavy atom. The van der Waals surface area contributed by atoms with Crippen molar-refractivity contribution in [2.75, 3.05) is 75.2 Å². The molecule has 0 aromatic heterocycles. The first-order valence-electron chi connectivity index (χ1n) is 21.5. The molecule has 8 rings (SSSR count). The Morgan fingerprint density at radius 2 is 0.984 bits per heavy atom. The van der Waals surface area contributed by atoms with Crippen molar-refractivity contribution in [3.05, 3.63) is 58.7 Å². The van der Waals surface area contributed by atoms with E-state index in [2.05, 4.69) is 30.2 Å². The molecule has 6 heterocycles. The highest BCUT2D eigenvalue weighted by molar-refractivity contribution is 6.24. The molecule has 2 unspecified atom stereocenters. The van der Waals surface area contributed by atoms with Gasteiger partial charge in [-0.2, -0.15) is 0 Å². The quantitative estimate of drug-likeness (QED) is 0.219. The van der Waals surface area contributed by atoms with Crippen LogP contribution >= 0.6 is 0 Å². The minimum atomic E-state index is -0.976. The zero-order valence-corrected chi connectivity index (χ0v) is 36.1. The van der Waals surface area contributed by atoms with Crippen molar-refractivity contribution in [2.45, 2.75) is 77.0 Å². The number of imide groups is 4. The molecule has 2 atom stereocenters. The van der Waals surface area contributed by atoms with Crippen LogP contribution in [0.1, 0.15) is 101 Å². The molecule has 8 amide bonds. The lowest BCUT2D eigenvalue weighted by Crippen LogP contribution is -2.54. The van der Waals surface area contributed by atoms with Crippen molar-refractivity contribution >= 4 is 70.6 Å². The van der Waals surface area contributed by atoms with Crippen LogP contribution in [0.25, 0.3) is 0 Å². The second-order valence-corrected chi connectivity index (χ2v) is 17.5. The summed E-state index contributed by atoms with van der Waals surface area (Å²) in [4.78, 5) is 132. The molecular weight excluding hydrogens is 833 g/mol. The fraction of sp³-hybridized carbons (Fsp3) is 0.500. The number of carboxylic acid groups (broad SMARTS) is 1. The van der Waals surface area contributed by atoms with Gasteiger partial charge in [-0.15, -0.1) is 0 Å². The Balaban J connectivity index is 0.000000193. The normalized spacial score (nSPS) is 21.9. The van der Waals surface area contributed by atoms with Gasteiger partial charge in [-0.3, -0.25) is 78.2 Å². The fourth-order valence-electron chi connectivity index (χ4n) is 8.67. The molecule has 0 bridgehead atoms. The van der Waals surface area contributed by atoms with Gasteiger partial charge < -0.3 is 19.6 Å². The monoisotopic (exact) mass is 884 g/mol. The molecule has 3 N–H and O–H groups in total.